The average Bonchev–Trinajstić information content (AvgIpc) is 2.64. The Hall–Kier alpha value is -1.10. The van der Waals surface area contributed by atoms with Crippen LogP contribution >= 0.6 is 0 Å². The van der Waals surface area contributed by atoms with Gasteiger partial charge in [0, 0.05) is 24.8 Å². The maximum absolute atomic E-state index is 9.64. The lowest BCUT2D eigenvalue weighted by Crippen LogP contribution is -2.35. The first kappa shape index (κ1) is 18.7. The predicted molar refractivity (Wildman–Crippen MR) is 105 cm³/mol. The third-order valence-corrected chi connectivity index (χ3v) is 6.06. The summed E-state index contributed by atoms with van der Waals surface area (Å²) in [6.45, 7) is 7.82. The fourth-order valence-electron chi connectivity index (χ4n) is 4.07. The second-order valence-electron chi connectivity index (χ2n) is 8.02. The van der Waals surface area contributed by atoms with E-state index in [0.29, 0.717) is 6.04 Å². The van der Waals surface area contributed by atoms with Crippen molar-refractivity contribution >= 4 is 5.69 Å². The van der Waals surface area contributed by atoms with Crippen molar-refractivity contribution in [1.29, 1.82) is 0 Å². The van der Waals surface area contributed by atoms with E-state index >= 15 is 0 Å². The molecule has 0 aromatic heterocycles. The van der Waals surface area contributed by atoms with E-state index in [9.17, 15) is 5.11 Å². The van der Waals surface area contributed by atoms with Gasteiger partial charge in [-0.1, -0.05) is 12.1 Å². The first-order valence-electron chi connectivity index (χ1n) is 10.1. The smallest absolute Gasteiger partial charge is 0.0574 e. The Morgan fingerprint density at radius 2 is 1.68 bits per heavy atom. The first-order chi connectivity index (χ1) is 12.1. The number of likely N-dealkylation sites (tertiary alicyclic amines) is 1. The minimum absolute atomic E-state index is 0.107. The van der Waals surface area contributed by atoms with Gasteiger partial charge in [0.05, 0.1) is 6.10 Å². The molecule has 4 heteroatoms. The second-order valence-corrected chi connectivity index (χ2v) is 8.02. The third-order valence-electron chi connectivity index (χ3n) is 6.06. The highest BCUT2D eigenvalue weighted by Crippen LogP contribution is 2.23. The predicted octanol–water partition coefficient (Wildman–Crippen LogP) is 3.03. The molecule has 0 saturated carbocycles. The maximum Gasteiger partial charge on any atom is 0.0574 e. The minimum Gasteiger partial charge on any atom is -0.393 e. The van der Waals surface area contributed by atoms with Crippen LogP contribution in [0.5, 0.6) is 0 Å². The molecule has 4 nitrogen and oxygen atoms in total. The monoisotopic (exact) mass is 345 g/mol. The molecule has 2 aliphatic heterocycles. The molecule has 0 radical (unpaired) electrons. The molecule has 0 aliphatic carbocycles. The summed E-state index contributed by atoms with van der Waals surface area (Å²) in [5.41, 5.74) is 2.65. The number of hydrogen-bond acceptors (Lipinski definition) is 4. The van der Waals surface area contributed by atoms with Crippen LogP contribution in [0.3, 0.4) is 0 Å². The van der Waals surface area contributed by atoms with Gasteiger partial charge in [0.25, 0.3) is 0 Å². The molecule has 2 N–H and O–H groups in total. The molecule has 0 spiro atoms. The fourth-order valence-corrected chi connectivity index (χ4v) is 4.07. The topological polar surface area (TPSA) is 38.7 Å². The first-order valence-corrected chi connectivity index (χ1v) is 10.1. The van der Waals surface area contributed by atoms with Gasteiger partial charge in [-0.2, -0.15) is 0 Å². The van der Waals surface area contributed by atoms with E-state index in [1.165, 1.54) is 43.6 Å². The molecular weight excluding hydrogens is 310 g/mol. The number of hydrogen-bond donors (Lipinski definition) is 2. The molecule has 2 aliphatic rings. The molecule has 1 aromatic carbocycles. The number of benzene rings is 1. The van der Waals surface area contributed by atoms with Gasteiger partial charge < -0.3 is 20.2 Å². The molecule has 25 heavy (non-hydrogen) atoms. The third kappa shape index (κ3) is 5.44. The Kier molecular flexibility index (Phi) is 6.74. The number of aliphatic hydroxyl groups excluding tert-OH is 1. The van der Waals surface area contributed by atoms with E-state index in [-0.39, 0.29) is 6.10 Å². The minimum atomic E-state index is -0.107. The zero-order valence-corrected chi connectivity index (χ0v) is 16.0. The number of nitrogens with one attached hydrogen (secondary N) is 1. The van der Waals surface area contributed by atoms with Crippen molar-refractivity contribution < 1.29 is 5.11 Å². The van der Waals surface area contributed by atoms with E-state index in [2.05, 4.69) is 53.4 Å². The standard InChI is InChI=1S/C21H35N3O/c1-17(22-12-7-18-8-13-23(2)14-9-18)19-3-5-20(6-4-19)24-15-10-21(25)11-16-24/h3-6,17-18,21-22,25H,7-16H2,1-2H3. The van der Waals surface area contributed by atoms with Crippen LogP contribution in [0.4, 0.5) is 5.69 Å². The van der Waals surface area contributed by atoms with E-state index in [4.69, 9.17) is 0 Å². The van der Waals surface area contributed by atoms with Crippen molar-refractivity contribution in [2.45, 2.75) is 51.2 Å². The second kappa shape index (κ2) is 9.02. The number of piperidine rings is 2. The lowest BCUT2D eigenvalue weighted by molar-refractivity contribution is 0.145. The van der Waals surface area contributed by atoms with Crippen LogP contribution in [0.1, 0.15) is 50.6 Å². The van der Waals surface area contributed by atoms with Gasteiger partial charge in [-0.15, -0.1) is 0 Å². The van der Waals surface area contributed by atoms with Gasteiger partial charge in [-0.25, -0.2) is 0 Å². The Labute approximate surface area is 153 Å². The van der Waals surface area contributed by atoms with Crippen LogP contribution < -0.4 is 10.2 Å². The largest absolute Gasteiger partial charge is 0.393 e. The lowest BCUT2D eigenvalue weighted by Gasteiger charge is -2.31. The molecule has 1 atom stereocenters. The van der Waals surface area contributed by atoms with Gasteiger partial charge >= 0.3 is 0 Å². The highest BCUT2D eigenvalue weighted by Gasteiger charge is 2.18. The van der Waals surface area contributed by atoms with Crippen molar-refractivity contribution in [3.05, 3.63) is 29.8 Å². The average molecular weight is 346 g/mol. The van der Waals surface area contributed by atoms with Crippen molar-refractivity contribution in [2.24, 2.45) is 5.92 Å². The SMILES string of the molecule is CC(NCCC1CCN(C)CC1)c1ccc(N2CCC(O)CC2)cc1. The van der Waals surface area contributed by atoms with E-state index in [1.54, 1.807) is 0 Å². The van der Waals surface area contributed by atoms with E-state index in [0.717, 1.165) is 38.4 Å². The number of rotatable bonds is 6. The number of aliphatic hydroxyl groups is 1. The summed E-state index contributed by atoms with van der Waals surface area (Å²) in [5, 5.41) is 13.3. The zero-order chi connectivity index (χ0) is 17.6. The summed E-state index contributed by atoms with van der Waals surface area (Å²) in [5.74, 6) is 0.896. The van der Waals surface area contributed by atoms with Gasteiger partial charge in [0.1, 0.15) is 0 Å². The van der Waals surface area contributed by atoms with E-state index in [1.807, 2.05) is 0 Å². The van der Waals surface area contributed by atoms with Gasteiger partial charge in [0.15, 0.2) is 0 Å². The normalized spacial score (nSPS) is 22.3. The van der Waals surface area contributed by atoms with Crippen LogP contribution in [0.2, 0.25) is 0 Å². The molecule has 2 heterocycles. The van der Waals surface area contributed by atoms with Crippen molar-refractivity contribution in [1.82, 2.24) is 10.2 Å². The lowest BCUT2D eigenvalue weighted by atomic mass is 9.93. The van der Waals surface area contributed by atoms with Gasteiger partial charge in [-0.05, 0) is 89.3 Å². The van der Waals surface area contributed by atoms with Gasteiger partial charge in [0.2, 0.25) is 0 Å². The van der Waals surface area contributed by atoms with Crippen molar-refractivity contribution in [3.63, 3.8) is 0 Å². The highest BCUT2D eigenvalue weighted by atomic mass is 16.3. The Morgan fingerprint density at radius 3 is 2.32 bits per heavy atom. The molecular formula is C21H35N3O. The summed E-state index contributed by atoms with van der Waals surface area (Å²) in [6.07, 6.45) is 5.67. The van der Waals surface area contributed by atoms with E-state index < -0.39 is 0 Å². The quantitative estimate of drug-likeness (QED) is 0.831. The molecule has 3 rings (SSSR count). The maximum atomic E-state index is 9.64. The van der Waals surface area contributed by atoms with Crippen LogP contribution in [-0.2, 0) is 0 Å². The van der Waals surface area contributed by atoms with Crippen LogP contribution in [0.15, 0.2) is 24.3 Å². The van der Waals surface area contributed by atoms with Crippen molar-refractivity contribution in [3.8, 4) is 0 Å². The molecule has 0 amide bonds. The molecule has 0 bridgehead atoms. The summed E-state index contributed by atoms with van der Waals surface area (Å²) in [7, 11) is 2.23. The zero-order valence-electron chi connectivity index (χ0n) is 16.0. The Bertz CT molecular complexity index is 502. The van der Waals surface area contributed by atoms with Crippen LogP contribution in [0, 0.1) is 5.92 Å². The Balaban J connectivity index is 1.42. The van der Waals surface area contributed by atoms with Crippen LogP contribution in [-0.4, -0.2) is 55.9 Å². The molecule has 2 saturated heterocycles. The summed E-state index contributed by atoms with van der Waals surface area (Å²) in [6, 6.07) is 9.40. The summed E-state index contributed by atoms with van der Waals surface area (Å²) >= 11 is 0. The fraction of sp³-hybridized carbons (Fsp3) is 0.714. The van der Waals surface area contributed by atoms with Gasteiger partial charge in [-0.3, -0.25) is 0 Å². The molecule has 2 fully saturated rings. The van der Waals surface area contributed by atoms with Crippen molar-refractivity contribution in [2.75, 3.05) is 44.7 Å². The Morgan fingerprint density at radius 1 is 1.04 bits per heavy atom. The summed E-state index contributed by atoms with van der Waals surface area (Å²) < 4.78 is 0. The highest BCUT2D eigenvalue weighted by molar-refractivity contribution is 5.48. The molecule has 140 valence electrons. The number of nitrogens with zero attached hydrogens (tertiary/aromatic N) is 2. The van der Waals surface area contributed by atoms with Crippen LogP contribution in [0.25, 0.3) is 0 Å². The molecule has 1 unspecified atom stereocenters. The number of anilines is 1. The summed E-state index contributed by atoms with van der Waals surface area (Å²) in [4.78, 5) is 4.83. The molecule has 1 aromatic rings.